The Bertz CT molecular complexity index is 1680. The molecule has 1 unspecified atom stereocenters. The molecule has 2 amide bonds. The summed E-state index contributed by atoms with van der Waals surface area (Å²) in [5.74, 6) is -1.01. The van der Waals surface area contributed by atoms with Gasteiger partial charge in [0, 0.05) is 40.1 Å². The average molecular weight is 669 g/mol. The minimum absolute atomic E-state index is 0.234. The van der Waals surface area contributed by atoms with Gasteiger partial charge >= 0.3 is 5.97 Å². The summed E-state index contributed by atoms with van der Waals surface area (Å²) in [7, 11) is 0. The van der Waals surface area contributed by atoms with E-state index in [9.17, 15) is 14.4 Å². The van der Waals surface area contributed by atoms with Gasteiger partial charge in [0.1, 0.15) is 5.00 Å². The second kappa shape index (κ2) is 14.6. The van der Waals surface area contributed by atoms with Crippen LogP contribution in [0.5, 0.6) is 0 Å². The smallest absolute Gasteiger partial charge is 0.341 e. The Morgan fingerprint density at radius 2 is 1.82 bits per heavy atom. The molecule has 4 aromatic rings. The molecule has 0 bridgehead atoms. The van der Waals surface area contributed by atoms with Crippen molar-refractivity contribution in [2.24, 2.45) is 0 Å². The van der Waals surface area contributed by atoms with Crippen molar-refractivity contribution in [3.63, 3.8) is 0 Å². The van der Waals surface area contributed by atoms with Gasteiger partial charge < -0.3 is 15.4 Å². The number of hydrogen-bond acceptors (Lipinski definition) is 7. The van der Waals surface area contributed by atoms with Gasteiger partial charge in [-0.1, -0.05) is 59.6 Å². The second-order valence-corrected chi connectivity index (χ2v) is 13.6. The molecule has 0 saturated heterocycles. The lowest BCUT2D eigenvalue weighted by atomic mass is 10.0. The number of benzene rings is 3. The van der Waals surface area contributed by atoms with Crippen LogP contribution in [0.15, 0.2) is 77.7 Å². The standard InChI is InChI=1S/C33H31Cl2N3O4S2/c1-3-42-33(41)29-26-14-15-38(18-21-8-5-4-6-9-21)19-28(26)44-32(29)37-30(39)20(2)43-24-11-7-10-23(17-24)36-31(40)25-13-12-22(34)16-27(25)35/h4-13,16-17,20H,3,14-15,18-19H2,1-2H3,(H,36,40)(H,37,39). The molecule has 1 aliphatic rings. The molecule has 2 heterocycles. The number of esters is 1. The van der Waals surface area contributed by atoms with Gasteiger partial charge in [-0.3, -0.25) is 14.5 Å². The summed E-state index contributed by atoms with van der Waals surface area (Å²) in [6.07, 6.45) is 0.701. The zero-order chi connectivity index (χ0) is 31.2. The molecule has 0 aliphatic carbocycles. The molecule has 11 heteroatoms. The number of carbonyl (C=O) groups is 3. The minimum atomic E-state index is -0.490. The third kappa shape index (κ3) is 7.83. The van der Waals surface area contributed by atoms with E-state index >= 15 is 0 Å². The van der Waals surface area contributed by atoms with E-state index in [1.807, 2.05) is 24.3 Å². The largest absolute Gasteiger partial charge is 0.462 e. The zero-order valence-electron chi connectivity index (χ0n) is 24.2. The summed E-state index contributed by atoms with van der Waals surface area (Å²) >= 11 is 14.9. The molecular formula is C33H31Cl2N3O4S2. The number of ether oxygens (including phenoxy) is 1. The Balaban J connectivity index is 1.27. The number of carbonyl (C=O) groups excluding carboxylic acids is 3. The number of fused-ring (bicyclic) bond motifs is 1. The summed E-state index contributed by atoms with van der Waals surface area (Å²) in [4.78, 5) is 43.4. The highest BCUT2D eigenvalue weighted by Gasteiger charge is 2.30. The van der Waals surface area contributed by atoms with Crippen LogP contribution in [-0.4, -0.2) is 41.1 Å². The monoisotopic (exact) mass is 667 g/mol. The maximum atomic E-state index is 13.4. The first kappa shape index (κ1) is 32.1. The summed E-state index contributed by atoms with van der Waals surface area (Å²) < 4.78 is 5.39. The lowest BCUT2D eigenvalue weighted by molar-refractivity contribution is -0.115. The third-order valence-electron chi connectivity index (χ3n) is 7.05. The van der Waals surface area contributed by atoms with E-state index in [-0.39, 0.29) is 23.4 Å². The zero-order valence-corrected chi connectivity index (χ0v) is 27.3. The first-order chi connectivity index (χ1) is 21.2. The van der Waals surface area contributed by atoms with Crippen LogP contribution < -0.4 is 10.6 Å². The molecule has 3 aromatic carbocycles. The molecule has 44 heavy (non-hydrogen) atoms. The lowest BCUT2D eigenvalue weighted by Gasteiger charge is -2.27. The number of anilines is 2. The Hall–Kier alpha value is -3.34. The Labute approximate surface area is 274 Å². The Morgan fingerprint density at radius 3 is 2.57 bits per heavy atom. The number of thioether (sulfide) groups is 1. The third-order valence-corrected chi connectivity index (χ3v) is 9.82. The molecule has 0 fully saturated rings. The van der Waals surface area contributed by atoms with E-state index in [1.54, 1.807) is 44.2 Å². The van der Waals surface area contributed by atoms with Crippen molar-refractivity contribution in [1.29, 1.82) is 0 Å². The molecule has 1 aliphatic heterocycles. The van der Waals surface area contributed by atoms with Crippen LogP contribution in [0, 0.1) is 0 Å². The predicted molar refractivity (Wildman–Crippen MR) is 179 cm³/mol. The van der Waals surface area contributed by atoms with Crippen molar-refractivity contribution >= 4 is 74.8 Å². The molecule has 0 radical (unpaired) electrons. The molecule has 0 saturated carbocycles. The van der Waals surface area contributed by atoms with Gasteiger partial charge in [-0.05, 0) is 67.8 Å². The topological polar surface area (TPSA) is 87.7 Å². The van der Waals surface area contributed by atoms with Crippen molar-refractivity contribution in [3.05, 3.63) is 110 Å². The van der Waals surface area contributed by atoms with Crippen LogP contribution in [-0.2, 0) is 29.0 Å². The summed E-state index contributed by atoms with van der Waals surface area (Å²) in [6.45, 7) is 6.14. The summed E-state index contributed by atoms with van der Waals surface area (Å²) in [6, 6.07) is 22.2. The number of thiophene rings is 1. The fourth-order valence-corrected chi connectivity index (χ4v) is 7.63. The highest BCUT2D eigenvalue weighted by molar-refractivity contribution is 8.00. The number of halogens is 2. The van der Waals surface area contributed by atoms with Crippen molar-refractivity contribution < 1.29 is 19.1 Å². The van der Waals surface area contributed by atoms with Crippen LogP contribution in [0.1, 0.15) is 50.6 Å². The van der Waals surface area contributed by atoms with E-state index in [0.29, 0.717) is 39.8 Å². The quantitative estimate of drug-likeness (QED) is 0.131. The highest BCUT2D eigenvalue weighted by Crippen LogP contribution is 2.39. The lowest BCUT2D eigenvalue weighted by Crippen LogP contribution is -2.30. The fourth-order valence-electron chi connectivity index (χ4n) is 4.93. The van der Waals surface area contributed by atoms with Gasteiger partial charge in [-0.25, -0.2) is 4.79 Å². The van der Waals surface area contributed by atoms with Crippen LogP contribution in [0.3, 0.4) is 0 Å². The van der Waals surface area contributed by atoms with Crippen LogP contribution >= 0.6 is 46.3 Å². The summed E-state index contributed by atoms with van der Waals surface area (Å²) in [5, 5.41) is 6.59. The first-order valence-corrected chi connectivity index (χ1v) is 16.6. The van der Waals surface area contributed by atoms with Gasteiger partial charge in [0.05, 0.1) is 28.0 Å². The van der Waals surface area contributed by atoms with Crippen molar-refractivity contribution in [1.82, 2.24) is 4.90 Å². The number of hydrogen-bond donors (Lipinski definition) is 2. The van der Waals surface area contributed by atoms with Gasteiger partial charge in [0.15, 0.2) is 0 Å². The van der Waals surface area contributed by atoms with Crippen LogP contribution in [0.4, 0.5) is 10.7 Å². The van der Waals surface area contributed by atoms with Gasteiger partial charge in [0.2, 0.25) is 5.91 Å². The van der Waals surface area contributed by atoms with Crippen LogP contribution in [0.2, 0.25) is 10.0 Å². The maximum Gasteiger partial charge on any atom is 0.341 e. The van der Waals surface area contributed by atoms with E-state index < -0.39 is 11.2 Å². The van der Waals surface area contributed by atoms with Gasteiger partial charge in [0.25, 0.3) is 5.91 Å². The normalized spacial score (nSPS) is 13.5. The minimum Gasteiger partial charge on any atom is -0.462 e. The van der Waals surface area contributed by atoms with E-state index in [4.69, 9.17) is 27.9 Å². The molecule has 0 spiro atoms. The molecule has 7 nitrogen and oxygen atoms in total. The van der Waals surface area contributed by atoms with E-state index in [0.717, 1.165) is 28.4 Å². The molecule has 5 rings (SSSR count). The predicted octanol–water partition coefficient (Wildman–Crippen LogP) is 8.16. The highest BCUT2D eigenvalue weighted by atomic mass is 35.5. The molecule has 1 aromatic heterocycles. The first-order valence-electron chi connectivity index (χ1n) is 14.1. The molecule has 2 N–H and O–H groups in total. The fraction of sp³-hybridized carbons (Fsp3) is 0.242. The molecule has 228 valence electrons. The Kier molecular flexibility index (Phi) is 10.7. The molecular weight excluding hydrogens is 637 g/mol. The second-order valence-electron chi connectivity index (χ2n) is 10.2. The van der Waals surface area contributed by atoms with Gasteiger partial charge in [-0.15, -0.1) is 23.1 Å². The van der Waals surface area contributed by atoms with E-state index in [1.165, 1.54) is 34.7 Å². The number of rotatable bonds is 10. The Morgan fingerprint density at radius 1 is 1.02 bits per heavy atom. The summed E-state index contributed by atoms with van der Waals surface area (Å²) in [5.41, 5.74) is 3.52. The van der Waals surface area contributed by atoms with Gasteiger partial charge in [-0.2, -0.15) is 0 Å². The van der Waals surface area contributed by atoms with E-state index in [2.05, 4.69) is 27.7 Å². The molecule has 1 atom stereocenters. The number of amides is 2. The van der Waals surface area contributed by atoms with Crippen LogP contribution in [0.25, 0.3) is 0 Å². The van der Waals surface area contributed by atoms with Crippen molar-refractivity contribution in [2.75, 3.05) is 23.8 Å². The average Bonchev–Trinajstić information content (AvgIpc) is 3.35. The SMILES string of the molecule is CCOC(=O)c1c(NC(=O)C(C)Sc2cccc(NC(=O)c3ccc(Cl)cc3Cl)c2)sc2c1CCN(Cc1ccccc1)C2. The maximum absolute atomic E-state index is 13.4. The van der Waals surface area contributed by atoms with Crippen molar-refractivity contribution in [2.45, 2.75) is 43.5 Å². The number of nitrogens with one attached hydrogen (secondary N) is 2. The van der Waals surface area contributed by atoms with Crippen molar-refractivity contribution in [3.8, 4) is 0 Å². The number of nitrogens with zero attached hydrogens (tertiary/aromatic N) is 1.